The van der Waals surface area contributed by atoms with Gasteiger partial charge in [0.2, 0.25) is 0 Å². The van der Waals surface area contributed by atoms with E-state index in [9.17, 15) is 5.11 Å². The highest BCUT2D eigenvalue weighted by Crippen LogP contribution is 2.53. The number of aliphatic hydroxyl groups excluding tert-OH is 1. The van der Waals surface area contributed by atoms with Crippen molar-refractivity contribution in [2.24, 2.45) is 5.41 Å². The number of carboxylic acid groups (broad SMARTS) is 1. The van der Waals surface area contributed by atoms with E-state index in [1.54, 1.807) is 12.7 Å². The molecule has 0 amide bonds. The van der Waals surface area contributed by atoms with Gasteiger partial charge in [-0.15, -0.1) is 0 Å². The molecule has 124 valence electrons. The van der Waals surface area contributed by atoms with Crippen LogP contribution < -0.4 is 4.90 Å². The van der Waals surface area contributed by atoms with Gasteiger partial charge in [-0.25, -0.2) is 15.0 Å². The highest BCUT2D eigenvalue weighted by molar-refractivity contribution is 5.83. The van der Waals surface area contributed by atoms with Crippen molar-refractivity contribution >= 4 is 23.5 Å². The zero-order valence-corrected chi connectivity index (χ0v) is 13.0. The summed E-state index contributed by atoms with van der Waals surface area (Å²) in [6.45, 7) is 2.19. The number of aromatic amines is 1. The molecule has 4 heterocycles. The van der Waals surface area contributed by atoms with E-state index in [-0.39, 0.29) is 18.5 Å². The largest absolute Gasteiger partial charge is 0.483 e. The molecule has 3 atom stereocenters. The van der Waals surface area contributed by atoms with Gasteiger partial charge in [0.25, 0.3) is 6.47 Å². The molecule has 2 aliphatic rings. The molecule has 0 radical (unpaired) electrons. The van der Waals surface area contributed by atoms with E-state index >= 15 is 0 Å². The average Bonchev–Trinajstić information content (AvgIpc) is 3.28. The molecule has 8 nitrogen and oxygen atoms in total. The van der Waals surface area contributed by atoms with Crippen LogP contribution in [0.1, 0.15) is 32.6 Å². The zero-order valence-electron chi connectivity index (χ0n) is 13.0. The van der Waals surface area contributed by atoms with Gasteiger partial charge in [-0.05, 0) is 25.7 Å². The van der Waals surface area contributed by atoms with E-state index in [2.05, 4.69) is 31.8 Å². The Morgan fingerprint density at radius 3 is 2.87 bits per heavy atom. The predicted molar refractivity (Wildman–Crippen MR) is 84.1 cm³/mol. The summed E-state index contributed by atoms with van der Waals surface area (Å²) in [5.41, 5.74) is 1.65. The number of H-pyrrole nitrogens is 1. The molecular formula is C15H21N5O3. The monoisotopic (exact) mass is 319 g/mol. The molecule has 8 heteroatoms. The number of nitrogens with one attached hydrogen (secondary N) is 1. The Hall–Kier alpha value is -2.22. The summed E-state index contributed by atoms with van der Waals surface area (Å²) in [6.07, 6.45) is 7.65. The second-order valence-corrected chi connectivity index (χ2v) is 6.14. The Morgan fingerprint density at radius 2 is 2.22 bits per heavy atom. The van der Waals surface area contributed by atoms with Crippen LogP contribution in [0.2, 0.25) is 0 Å². The summed E-state index contributed by atoms with van der Waals surface area (Å²) in [6, 6.07) is 0.859. The number of fused-ring (bicyclic) bond motifs is 3. The number of carbonyl (C=O) groups is 1. The summed E-state index contributed by atoms with van der Waals surface area (Å²) in [4.78, 5) is 26.8. The topological polar surface area (TPSA) is 115 Å². The number of nitrogens with zero attached hydrogens (tertiary/aromatic N) is 4. The van der Waals surface area contributed by atoms with Crippen molar-refractivity contribution in [3.8, 4) is 0 Å². The number of hydrogen-bond donors (Lipinski definition) is 3. The first-order chi connectivity index (χ1) is 11.2. The van der Waals surface area contributed by atoms with E-state index < -0.39 is 0 Å². The fourth-order valence-corrected chi connectivity index (χ4v) is 4.22. The first kappa shape index (κ1) is 15.7. The molecule has 0 aliphatic carbocycles. The van der Waals surface area contributed by atoms with Crippen LogP contribution in [0.3, 0.4) is 0 Å². The molecule has 2 bridgehead atoms. The van der Waals surface area contributed by atoms with E-state index in [0.29, 0.717) is 17.7 Å². The number of rotatable bonds is 3. The van der Waals surface area contributed by atoms with Crippen LogP contribution >= 0.6 is 0 Å². The molecule has 4 rings (SSSR count). The van der Waals surface area contributed by atoms with Crippen molar-refractivity contribution in [2.75, 3.05) is 11.5 Å². The molecule has 2 aromatic heterocycles. The Balaban J connectivity index is 0.000000485. The summed E-state index contributed by atoms with van der Waals surface area (Å²) >= 11 is 0. The summed E-state index contributed by atoms with van der Waals surface area (Å²) < 4.78 is 0. The van der Waals surface area contributed by atoms with Crippen LogP contribution in [-0.4, -0.2) is 55.3 Å². The van der Waals surface area contributed by atoms with E-state index in [0.717, 1.165) is 30.6 Å². The van der Waals surface area contributed by atoms with Crippen molar-refractivity contribution in [2.45, 2.75) is 44.7 Å². The minimum absolute atomic E-state index is 0.0280. The third-order valence-corrected chi connectivity index (χ3v) is 5.32. The van der Waals surface area contributed by atoms with Gasteiger partial charge in [-0.1, -0.05) is 6.92 Å². The van der Waals surface area contributed by atoms with Crippen molar-refractivity contribution in [3.63, 3.8) is 0 Å². The van der Waals surface area contributed by atoms with Crippen molar-refractivity contribution in [3.05, 3.63) is 12.7 Å². The number of aromatic nitrogens is 4. The molecule has 2 fully saturated rings. The van der Waals surface area contributed by atoms with Crippen molar-refractivity contribution in [1.82, 2.24) is 19.9 Å². The van der Waals surface area contributed by atoms with Crippen molar-refractivity contribution in [1.29, 1.82) is 0 Å². The van der Waals surface area contributed by atoms with Crippen LogP contribution in [0.4, 0.5) is 5.82 Å². The van der Waals surface area contributed by atoms with Crippen LogP contribution in [-0.2, 0) is 4.79 Å². The summed E-state index contributed by atoms with van der Waals surface area (Å²) in [5.74, 6) is 0.948. The molecular weight excluding hydrogens is 298 g/mol. The van der Waals surface area contributed by atoms with Gasteiger partial charge in [0.05, 0.1) is 12.9 Å². The number of anilines is 1. The lowest BCUT2D eigenvalue weighted by molar-refractivity contribution is -0.122. The first-order valence-corrected chi connectivity index (χ1v) is 7.82. The summed E-state index contributed by atoms with van der Waals surface area (Å²) in [7, 11) is 0. The lowest BCUT2D eigenvalue weighted by Gasteiger charge is -2.35. The second-order valence-electron chi connectivity index (χ2n) is 6.14. The number of hydrogen-bond acceptors (Lipinski definition) is 6. The van der Waals surface area contributed by atoms with E-state index in [1.807, 2.05) is 0 Å². The quantitative estimate of drug-likeness (QED) is 0.728. The maximum atomic E-state index is 9.90. The Labute approximate surface area is 133 Å². The smallest absolute Gasteiger partial charge is 0.290 e. The predicted octanol–water partition coefficient (Wildman–Crippen LogP) is 1.18. The van der Waals surface area contributed by atoms with Gasteiger partial charge in [0.15, 0.2) is 11.5 Å². The Morgan fingerprint density at radius 1 is 1.43 bits per heavy atom. The highest BCUT2D eigenvalue weighted by Gasteiger charge is 2.55. The minimum atomic E-state index is -0.250. The van der Waals surface area contributed by atoms with Gasteiger partial charge in [-0.2, -0.15) is 0 Å². The number of aliphatic hydroxyl groups is 1. The molecule has 3 N–H and O–H groups in total. The molecule has 0 saturated carbocycles. The van der Waals surface area contributed by atoms with Crippen LogP contribution in [0.25, 0.3) is 11.2 Å². The van der Waals surface area contributed by atoms with Gasteiger partial charge in [-0.3, -0.25) is 4.79 Å². The SMILES string of the molecule is CC[C@]1(CO)C[C@H]2CC[C@@H]1N2c1ncnc2nc[nH]c12.O=CO. The van der Waals surface area contributed by atoms with Gasteiger partial charge >= 0.3 is 0 Å². The van der Waals surface area contributed by atoms with Crippen LogP contribution in [0, 0.1) is 5.41 Å². The second kappa shape index (κ2) is 6.11. The normalized spacial score (nSPS) is 28.7. The van der Waals surface area contributed by atoms with Crippen molar-refractivity contribution < 1.29 is 15.0 Å². The maximum absolute atomic E-state index is 9.90. The molecule has 2 aliphatic heterocycles. The highest BCUT2D eigenvalue weighted by atomic mass is 16.3. The lowest BCUT2D eigenvalue weighted by atomic mass is 9.72. The maximum Gasteiger partial charge on any atom is 0.290 e. The van der Waals surface area contributed by atoms with Gasteiger partial charge < -0.3 is 20.1 Å². The standard InChI is InChI=1S/C14H19N5O.CH2O2/c1-2-14(6-20)5-9-3-4-10(14)19(9)13-11-12(16-7-15-11)17-8-18-13;2-1-3/h7-10,20H,2-6H2,1H3,(H,15,16,17,18);1H,(H,2,3)/t9-,10+,14-;/m1./s1. The Bertz CT molecular complexity index is 685. The van der Waals surface area contributed by atoms with Crippen LogP contribution in [0.15, 0.2) is 12.7 Å². The third kappa shape index (κ3) is 2.33. The van der Waals surface area contributed by atoms with Crippen LogP contribution in [0.5, 0.6) is 0 Å². The fraction of sp³-hybridized carbons (Fsp3) is 0.600. The zero-order chi connectivity index (χ0) is 16.4. The Kier molecular flexibility index (Phi) is 4.16. The fourth-order valence-electron chi connectivity index (χ4n) is 4.22. The first-order valence-electron chi connectivity index (χ1n) is 7.82. The molecule has 2 saturated heterocycles. The molecule has 2 aromatic rings. The average molecular weight is 319 g/mol. The molecule has 0 spiro atoms. The molecule has 0 aromatic carbocycles. The van der Waals surface area contributed by atoms with Gasteiger partial charge in [0, 0.05) is 17.5 Å². The summed E-state index contributed by atoms with van der Waals surface area (Å²) in [5, 5.41) is 16.8. The number of imidazole rings is 1. The lowest BCUT2D eigenvalue weighted by Crippen LogP contribution is -2.40. The van der Waals surface area contributed by atoms with E-state index in [4.69, 9.17) is 9.90 Å². The van der Waals surface area contributed by atoms with E-state index in [1.165, 1.54) is 6.42 Å². The molecule has 0 unspecified atom stereocenters. The minimum Gasteiger partial charge on any atom is -0.483 e. The third-order valence-electron chi connectivity index (χ3n) is 5.32. The van der Waals surface area contributed by atoms with Gasteiger partial charge in [0.1, 0.15) is 11.8 Å². The molecule has 23 heavy (non-hydrogen) atoms.